The van der Waals surface area contributed by atoms with Crippen molar-refractivity contribution in [3.63, 3.8) is 0 Å². The van der Waals surface area contributed by atoms with Crippen molar-refractivity contribution in [2.75, 3.05) is 13.2 Å². The molecule has 7 heteroatoms. The number of carbonyl (C=O) groups excluding carboxylic acids is 1. The Morgan fingerprint density at radius 1 is 1.48 bits per heavy atom. The number of hydrogen-bond donors (Lipinski definition) is 2. The van der Waals surface area contributed by atoms with Crippen LogP contribution < -0.4 is 5.32 Å². The summed E-state index contributed by atoms with van der Waals surface area (Å²) in [6.45, 7) is 1.15. The first-order chi connectivity index (χ1) is 12.2. The van der Waals surface area contributed by atoms with E-state index in [9.17, 15) is 10.1 Å². The number of amides is 1. The molecule has 1 unspecified atom stereocenters. The first kappa shape index (κ1) is 17.4. The lowest BCUT2D eigenvalue weighted by Crippen LogP contribution is -2.32. The average Bonchev–Trinajstić information content (AvgIpc) is 3.30. The fourth-order valence-electron chi connectivity index (χ4n) is 2.66. The Kier molecular flexibility index (Phi) is 5.64. The fraction of sp³-hybridized carbons (Fsp3) is 0.278. The third-order valence-corrected chi connectivity index (χ3v) is 4.51. The molecule has 1 aliphatic rings. The number of nitrogens with zero attached hydrogens (tertiary/aromatic N) is 2. The predicted octanol–water partition coefficient (Wildman–Crippen LogP) is 3.04. The standard InChI is InChI=1S/C18H17BrN4O2/c19-15-5-3-12(4-6-15)17-14(10-22-23-17)8-13(9-20)18(24)21-11-16-2-1-7-25-16/h3-6,8,10,16H,1-2,7,11H2,(H,21,24)(H,22,23)/b13-8-. The molecule has 3 rings (SSSR count). The van der Waals surface area contributed by atoms with Crippen LogP contribution in [0.1, 0.15) is 18.4 Å². The van der Waals surface area contributed by atoms with Gasteiger partial charge in [-0.05, 0) is 31.1 Å². The highest BCUT2D eigenvalue weighted by Gasteiger charge is 2.18. The van der Waals surface area contributed by atoms with Crippen molar-refractivity contribution in [1.82, 2.24) is 15.5 Å². The van der Waals surface area contributed by atoms with Crippen LogP contribution >= 0.6 is 15.9 Å². The highest BCUT2D eigenvalue weighted by molar-refractivity contribution is 9.10. The Labute approximate surface area is 154 Å². The summed E-state index contributed by atoms with van der Waals surface area (Å²) in [6, 6.07) is 9.66. The largest absolute Gasteiger partial charge is 0.376 e. The van der Waals surface area contributed by atoms with Gasteiger partial charge in [0.1, 0.15) is 11.6 Å². The van der Waals surface area contributed by atoms with Gasteiger partial charge in [0.15, 0.2) is 0 Å². The molecule has 1 amide bonds. The van der Waals surface area contributed by atoms with Gasteiger partial charge in [0.05, 0.1) is 18.0 Å². The number of carbonyl (C=O) groups is 1. The van der Waals surface area contributed by atoms with Gasteiger partial charge < -0.3 is 10.1 Å². The molecule has 1 saturated heterocycles. The number of nitrogens with one attached hydrogen (secondary N) is 2. The van der Waals surface area contributed by atoms with Crippen molar-refractivity contribution in [3.8, 4) is 17.3 Å². The molecule has 1 aromatic carbocycles. The maximum absolute atomic E-state index is 12.3. The van der Waals surface area contributed by atoms with Crippen LogP contribution in [0.4, 0.5) is 0 Å². The number of ether oxygens (including phenoxy) is 1. The molecule has 25 heavy (non-hydrogen) atoms. The minimum Gasteiger partial charge on any atom is -0.376 e. The summed E-state index contributed by atoms with van der Waals surface area (Å²) in [4.78, 5) is 12.3. The molecule has 2 aromatic rings. The van der Waals surface area contributed by atoms with E-state index >= 15 is 0 Å². The Morgan fingerprint density at radius 2 is 2.28 bits per heavy atom. The first-order valence-electron chi connectivity index (χ1n) is 7.98. The van der Waals surface area contributed by atoms with Crippen LogP contribution in [0.3, 0.4) is 0 Å². The molecule has 1 fully saturated rings. The van der Waals surface area contributed by atoms with Gasteiger partial charge in [-0.3, -0.25) is 9.89 Å². The molecule has 2 N–H and O–H groups in total. The highest BCUT2D eigenvalue weighted by atomic mass is 79.9. The zero-order valence-corrected chi connectivity index (χ0v) is 15.0. The van der Waals surface area contributed by atoms with E-state index in [-0.39, 0.29) is 11.7 Å². The molecule has 6 nitrogen and oxygen atoms in total. The predicted molar refractivity (Wildman–Crippen MR) is 97.3 cm³/mol. The minimum atomic E-state index is -0.402. The molecule has 2 heterocycles. The molecule has 0 radical (unpaired) electrons. The van der Waals surface area contributed by atoms with Crippen molar-refractivity contribution < 1.29 is 9.53 Å². The third kappa shape index (κ3) is 4.35. The zero-order valence-electron chi connectivity index (χ0n) is 13.5. The van der Waals surface area contributed by atoms with Gasteiger partial charge in [0, 0.05) is 28.8 Å². The van der Waals surface area contributed by atoms with E-state index in [4.69, 9.17) is 4.74 Å². The van der Waals surface area contributed by atoms with E-state index < -0.39 is 5.91 Å². The smallest absolute Gasteiger partial charge is 0.262 e. The second kappa shape index (κ2) is 8.10. The number of rotatable bonds is 5. The number of benzene rings is 1. The van der Waals surface area contributed by atoms with Gasteiger partial charge in [-0.1, -0.05) is 28.1 Å². The molecule has 1 aliphatic heterocycles. The summed E-state index contributed by atoms with van der Waals surface area (Å²) in [5.41, 5.74) is 2.40. The SMILES string of the molecule is N#C/C(=C/c1cn[nH]c1-c1ccc(Br)cc1)C(=O)NCC1CCCO1. The van der Waals surface area contributed by atoms with Crippen molar-refractivity contribution in [1.29, 1.82) is 5.26 Å². The van der Waals surface area contributed by atoms with Crippen molar-refractivity contribution in [3.05, 3.63) is 46.1 Å². The number of H-pyrrole nitrogens is 1. The van der Waals surface area contributed by atoms with Gasteiger partial charge in [0.25, 0.3) is 5.91 Å². The Balaban J connectivity index is 1.76. The fourth-order valence-corrected chi connectivity index (χ4v) is 2.93. The molecular weight excluding hydrogens is 384 g/mol. The second-order valence-corrected chi connectivity index (χ2v) is 6.64. The van der Waals surface area contributed by atoms with E-state index in [2.05, 4.69) is 31.4 Å². The number of nitriles is 1. The molecule has 128 valence electrons. The summed E-state index contributed by atoms with van der Waals surface area (Å²) >= 11 is 3.40. The molecule has 0 spiro atoms. The molecule has 1 atom stereocenters. The number of aromatic amines is 1. The number of hydrogen-bond acceptors (Lipinski definition) is 4. The summed E-state index contributed by atoms with van der Waals surface area (Å²) < 4.78 is 6.44. The van der Waals surface area contributed by atoms with Gasteiger partial charge in [-0.15, -0.1) is 0 Å². The van der Waals surface area contributed by atoms with Gasteiger partial charge in [-0.2, -0.15) is 10.4 Å². The van der Waals surface area contributed by atoms with Crippen LogP contribution in [-0.2, 0) is 9.53 Å². The average molecular weight is 401 g/mol. The molecule has 1 aromatic heterocycles. The minimum absolute atomic E-state index is 0.0381. The maximum Gasteiger partial charge on any atom is 0.262 e. The summed E-state index contributed by atoms with van der Waals surface area (Å²) in [7, 11) is 0. The molecule has 0 saturated carbocycles. The van der Waals surface area contributed by atoms with Gasteiger partial charge >= 0.3 is 0 Å². The van der Waals surface area contributed by atoms with Crippen molar-refractivity contribution >= 4 is 27.9 Å². The van der Waals surface area contributed by atoms with Crippen LogP contribution in [0.5, 0.6) is 0 Å². The monoisotopic (exact) mass is 400 g/mol. The first-order valence-corrected chi connectivity index (χ1v) is 8.77. The molecular formula is C18H17BrN4O2. The van der Waals surface area contributed by atoms with Crippen LogP contribution in [0.15, 0.2) is 40.5 Å². The van der Waals surface area contributed by atoms with Crippen molar-refractivity contribution in [2.24, 2.45) is 0 Å². The van der Waals surface area contributed by atoms with Crippen LogP contribution in [0.2, 0.25) is 0 Å². The van der Waals surface area contributed by atoms with E-state index in [1.807, 2.05) is 30.3 Å². The van der Waals surface area contributed by atoms with Crippen LogP contribution in [0.25, 0.3) is 17.3 Å². The second-order valence-electron chi connectivity index (χ2n) is 5.72. The zero-order chi connectivity index (χ0) is 17.6. The Hall–Kier alpha value is -2.43. The normalized spacial score (nSPS) is 17.3. The Morgan fingerprint density at radius 3 is 2.96 bits per heavy atom. The quantitative estimate of drug-likeness (QED) is 0.595. The lowest BCUT2D eigenvalue weighted by molar-refractivity contribution is -0.117. The van der Waals surface area contributed by atoms with Crippen LogP contribution in [-0.4, -0.2) is 35.4 Å². The van der Waals surface area contributed by atoms with Crippen molar-refractivity contribution in [2.45, 2.75) is 18.9 Å². The van der Waals surface area contributed by atoms with E-state index in [0.29, 0.717) is 12.1 Å². The van der Waals surface area contributed by atoms with Crippen LogP contribution in [0, 0.1) is 11.3 Å². The molecule has 0 bridgehead atoms. The van der Waals surface area contributed by atoms with E-state index in [1.54, 1.807) is 12.3 Å². The van der Waals surface area contributed by atoms with Gasteiger partial charge in [-0.25, -0.2) is 0 Å². The van der Waals surface area contributed by atoms with E-state index in [1.165, 1.54) is 0 Å². The number of aromatic nitrogens is 2. The lowest BCUT2D eigenvalue weighted by Gasteiger charge is -2.10. The summed E-state index contributed by atoms with van der Waals surface area (Å²) in [5.74, 6) is -0.402. The lowest BCUT2D eigenvalue weighted by atomic mass is 10.1. The highest BCUT2D eigenvalue weighted by Crippen LogP contribution is 2.24. The molecule has 0 aliphatic carbocycles. The van der Waals surface area contributed by atoms with E-state index in [0.717, 1.165) is 35.2 Å². The topological polar surface area (TPSA) is 90.8 Å². The van der Waals surface area contributed by atoms with Gasteiger partial charge in [0.2, 0.25) is 0 Å². The maximum atomic E-state index is 12.3. The Bertz CT molecular complexity index is 814. The summed E-state index contributed by atoms with van der Waals surface area (Å²) in [6.07, 6.45) is 5.12. The summed E-state index contributed by atoms with van der Waals surface area (Å²) in [5, 5.41) is 19.1. The third-order valence-electron chi connectivity index (χ3n) is 3.98. The number of halogens is 1.